The van der Waals surface area contributed by atoms with E-state index >= 15 is 0 Å². The van der Waals surface area contributed by atoms with Gasteiger partial charge in [0.25, 0.3) is 0 Å². The molecule has 5 nitrogen and oxygen atoms in total. The predicted octanol–water partition coefficient (Wildman–Crippen LogP) is 2.09. The summed E-state index contributed by atoms with van der Waals surface area (Å²) in [6.45, 7) is -0.0741. The van der Waals surface area contributed by atoms with E-state index in [9.17, 15) is 4.79 Å². The van der Waals surface area contributed by atoms with Gasteiger partial charge in [0.05, 0.1) is 0 Å². The molecule has 0 unspecified atom stereocenters. The van der Waals surface area contributed by atoms with Gasteiger partial charge in [-0.1, -0.05) is 0 Å². The molecule has 0 amide bonds. The first-order valence-electron chi connectivity index (χ1n) is 7.65. The molecule has 20 heavy (non-hydrogen) atoms. The Bertz CT molecular complexity index is 523. The lowest BCUT2D eigenvalue weighted by atomic mass is 9.51. The molecule has 0 aliphatic heterocycles. The fraction of sp³-hybridized carbons (Fsp3) is 0.733. The lowest BCUT2D eigenvalue weighted by molar-refractivity contribution is -0.138. The van der Waals surface area contributed by atoms with Gasteiger partial charge >= 0.3 is 5.97 Å². The van der Waals surface area contributed by atoms with Crippen LogP contribution in [0.25, 0.3) is 0 Å². The Hall–Kier alpha value is -1.52. The summed E-state index contributed by atoms with van der Waals surface area (Å²) in [5, 5.41) is 13.2. The minimum atomic E-state index is -0.849. The highest BCUT2D eigenvalue weighted by molar-refractivity contribution is 5.66. The van der Waals surface area contributed by atoms with Crippen molar-refractivity contribution in [3.63, 3.8) is 0 Å². The van der Waals surface area contributed by atoms with Crippen molar-refractivity contribution in [2.75, 3.05) is 5.73 Å². The molecule has 0 saturated heterocycles. The molecule has 0 spiro atoms. The Morgan fingerprint density at radius 2 is 1.85 bits per heavy atom. The zero-order chi connectivity index (χ0) is 13.9. The van der Waals surface area contributed by atoms with E-state index in [0.717, 1.165) is 29.4 Å². The van der Waals surface area contributed by atoms with Crippen LogP contribution in [0.5, 0.6) is 0 Å². The second-order valence-corrected chi connectivity index (χ2v) is 7.00. The van der Waals surface area contributed by atoms with Crippen molar-refractivity contribution in [3.8, 4) is 0 Å². The molecular formula is C15H21N3O2. The van der Waals surface area contributed by atoms with E-state index in [-0.39, 0.29) is 6.54 Å². The predicted molar refractivity (Wildman–Crippen MR) is 74.1 cm³/mol. The van der Waals surface area contributed by atoms with Crippen LogP contribution >= 0.6 is 0 Å². The highest BCUT2D eigenvalue weighted by Crippen LogP contribution is 2.59. The highest BCUT2D eigenvalue weighted by atomic mass is 16.4. The number of nitrogens with zero attached hydrogens (tertiary/aromatic N) is 2. The van der Waals surface area contributed by atoms with Crippen molar-refractivity contribution in [2.45, 2.75) is 44.6 Å². The van der Waals surface area contributed by atoms with E-state index in [1.807, 2.05) is 6.07 Å². The number of nitrogen functional groups attached to an aromatic ring is 1. The molecule has 1 aromatic rings. The third-order valence-electron chi connectivity index (χ3n) is 5.68. The molecule has 5 rings (SSSR count). The first-order chi connectivity index (χ1) is 9.60. The number of aromatic nitrogens is 2. The molecule has 108 valence electrons. The molecule has 1 aromatic heterocycles. The van der Waals surface area contributed by atoms with Crippen LogP contribution in [0, 0.1) is 23.7 Å². The van der Waals surface area contributed by atoms with Crippen molar-refractivity contribution in [1.29, 1.82) is 0 Å². The van der Waals surface area contributed by atoms with Crippen molar-refractivity contribution in [2.24, 2.45) is 23.7 Å². The summed E-state index contributed by atoms with van der Waals surface area (Å²) in [4.78, 5) is 11.0. The van der Waals surface area contributed by atoms with Gasteiger partial charge < -0.3 is 10.8 Å². The third kappa shape index (κ3) is 1.83. The number of anilines is 1. The number of carboxylic acids is 1. The summed E-state index contributed by atoms with van der Waals surface area (Å²) < 4.78 is 1.63. The number of rotatable bonds is 3. The lowest BCUT2D eigenvalue weighted by Crippen LogP contribution is -2.44. The van der Waals surface area contributed by atoms with Crippen LogP contribution in [0.3, 0.4) is 0 Å². The number of carboxylic acid groups (broad SMARTS) is 1. The SMILES string of the molecule is Nc1cc(C2C3CC4CC(C3)CC2C4)n(CC(=O)O)n1. The fourth-order valence-electron chi connectivity index (χ4n) is 5.38. The van der Waals surface area contributed by atoms with Gasteiger partial charge in [-0.05, 0) is 55.8 Å². The summed E-state index contributed by atoms with van der Waals surface area (Å²) in [6, 6.07) is 1.91. The third-order valence-corrected chi connectivity index (χ3v) is 5.68. The van der Waals surface area contributed by atoms with E-state index < -0.39 is 5.97 Å². The number of carbonyl (C=O) groups is 1. The Balaban J connectivity index is 1.69. The smallest absolute Gasteiger partial charge is 0.325 e. The highest BCUT2D eigenvalue weighted by Gasteiger charge is 2.49. The summed E-state index contributed by atoms with van der Waals surface area (Å²) in [6.07, 6.45) is 6.69. The quantitative estimate of drug-likeness (QED) is 0.885. The van der Waals surface area contributed by atoms with Crippen LogP contribution in [-0.4, -0.2) is 20.9 Å². The van der Waals surface area contributed by atoms with Crippen LogP contribution in [0.4, 0.5) is 5.82 Å². The van der Waals surface area contributed by atoms with Gasteiger partial charge in [-0.15, -0.1) is 0 Å². The molecule has 0 atom stereocenters. The number of aliphatic carboxylic acids is 1. The zero-order valence-corrected chi connectivity index (χ0v) is 11.5. The molecule has 1 heterocycles. The van der Waals surface area contributed by atoms with Crippen LogP contribution in [0.1, 0.15) is 43.7 Å². The first-order valence-corrected chi connectivity index (χ1v) is 7.65. The van der Waals surface area contributed by atoms with Crippen molar-refractivity contribution < 1.29 is 9.90 Å². The van der Waals surface area contributed by atoms with E-state index in [1.165, 1.54) is 32.1 Å². The number of nitrogens with two attached hydrogens (primary N) is 1. The standard InChI is InChI=1S/C15H21N3O2/c16-13-6-12(18(17-13)7-14(19)20)15-10-2-8-1-9(4-10)5-11(15)3-8/h6,8-11,15H,1-5,7H2,(H2,16,17)(H,19,20). The molecule has 4 bridgehead atoms. The summed E-state index contributed by atoms with van der Waals surface area (Å²) in [5.41, 5.74) is 6.89. The summed E-state index contributed by atoms with van der Waals surface area (Å²) >= 11 is 0. The topological polar surface area (TPSA) is 81.1 Å². The van der Waals surface area contributed by atoms with Crippen molar-refractivity contribution in [3.05, 3.63) is 11.8 Å². The van der Waals surface area contributed by atoms with Gasteiger partial charge in [-0.2, -0.15) is 5.10 Å². The fourth-order valence-corrected chi connectivity index (χ4v) is 5.38. The monoisotopic (exact) mass is 275 g/mol. The van der Waals surface area contributed by atoms with Crippen molar-refractivity contribution >= 4 is 11.8 Å². The lowest BCUT2D eigenvalue weighted by Gasteiger charge is -2.54. The second-order valence-electron chi connectivity index (χ2n) is 7.00. The largest absolute Gasteiger partial charge is 0.480 e. The Kier molecular flexibility index (Phi) is 2.59. The van der Waals surface area contributed by atoms with E-state index in [0.29, 0.717) is 11.7 Å². The first kappa shape index (κ1) is 12.2. The average Bonchev–Trinajstić information content (AvgIpc) is 2.67. The van der Waals surface area contributed by atoms with Gasteiger partial charge in [0.2, 0.25) is 0 Å². The number of hydrogen-bond acceptors (Lipinski definition) is 3. The average molecular weight is 275 g/mol. The normalized spacial score (nSPS) is 38.3. The van der Waals surface area contributed by atoms with E-state index in [4.69, 9.17) is 10.8 Å². The molecule has 4 aliphatic carbocycles. The Morgan fingerprint density at radius 1 is 1.25 bits per heavy atom. The van der Waals surface area contributed by atoms with Crippen molar-refractivity contribution in [1.82, 2.24) is 9.78 Å². The summed E-state index contributed by atoms with van der Waals surface area (Å²) in [7, 11) is 0. The van der Waals surface area contributed by atoms with Crippen LogP contribution in [0.15, 0.2) is 6.07 Å². The minimum absolute atomic E-state index is 0.0741. The van der Waals surface area contributed by atoms with Crippen LogP contribution in [0.2, 0.25) is 0 Å². The van der Waals surface area contributed by atoms with Gasteiger partial charge in [-0.25, -0.2) is 0 Å². The Labute approximate surface area is 118 Å². The molecule has 0 aromatic carbocycles. The van der Waals surface area contributed by atoms with Gasteiger partial charge in [0.15, 0.2) is 0 Å². The number of hydrogen-bond donors (Lipinski definition) is 2. The maximum absolute atomic E-state index is 11.0. The molecule has 3 N–H and O–H groups in total. The molecular weight excluding hydrogens is 254 g/mol. The van der Waals surface area contributed by atoms with Crippen LogP contribution in [-0.2, 0) is 11.3 Å². The van der Waals surface area contributed by atoms with Gasteiger partial charge in [-0.3, -0.25) is 9.48 Å². The maximum atomic E-state index is 11.0. The summed E-state index contributed by atoms with van der Waals surface area (Å²) in [5.74, 6) is 3.36. The zero-order valence-electron chi connectivity index (χ0n) is 11.5. The molecule has 5 heteroatoms. The van der Waals surface area contributed by atoms with E-state index in [1.54, 1.807) is 4.68 Å². The molecule has 4 fully saturated rings. The van der Waals surface area contributed by atoms with Crippen LogP contribution < -0.4 is 5.73 Å². The van der Waals surface area contributed by atoms with Gasteiger partial charge in [0, 0.05) is 17.7 Å². The maximum Gasteiger partial charge on any atom is 0.325 e. The minimum Gasteiger partial charge on any atom is -0.480 e. The second kappa shape index (κ2) is 4.24. The molecule has 4 saturated carbocycles. The van der Waals surface area contributed by atoms with E-state index in [2.05, 4.69) is 5.10 Å². The Morgan fingerprint density at radius 3 is 2.40 bits per heavy atom. The molecule has 0 radical (unpaired) electrons. The molecule has 4 aliphatic rings. The van der Waals surface area contributed by atoms with Gasteiger partial charge in [0.1, 0.15) is 12.4 Å².